The summed E-state index contributed by atoms with van der Waals surface area (Å²) in [5, 5.41) is 2.93. The van der Waals surface area contributed by atoms with Gasteiger partial charge in [-0.1, -0.05) is 0 Å². The minimum absolute atomic E-state index is 0.0957. The fourth-order valence-electron chi connectivity index (χ4n) is 1.81. The van der Waals surface area contributed by atoms with Crippen LogP contribution in [0.1, 0.15) is 20.8 Å². The molecule has 2 rings (SSSR count). The molecule has 1 aromatic heterocycles. The molecule has 3 N–H and O–H groups in total. The molecule has 0 spiro atoms. The number of aryl methyl sites for hydroxylation is 2. The van der Waals surface area contributed by atoms with Crippen LogP contribution in [0, 0.1) is 13.8 Å². The van der Waals surface area contributed by atoms with Crippen LogP contribution in [-0.2, 0) is 0 Å². The number of halogens is 1. The number of hydrogen-bond acceptors (Lipinski definition) is 3. The number of carbonyl (C=O) groups is 1. The zero-order chi connectivity index (χ0) is 13.3. The highest BCUT2D eigenvalue weighted by molar-refractivity contribution is 9.11. The molecule has 1 aromatic carbocycles. The van der Waals surface area contributed by atoms with Crippen LogP contribution in [0.15, 0.2) is 28.1 Å². The van der Waals surface area contributed by atoms with E-state index < -0.39 is 0 Å². The van der Waals surface area contributed by atoms with Gasteiger partial charge in [-0.25, -0.2) is 0 Å². The Morgan fingerprint density at radius 1 is 1.28 bits per heavy atom. The number of thiophene rings is 1. The van der Waals surface area contributed by atoms with E-state index in [0.717, 1.165) is 20.6 Å². The fraction of sp³-hybridized carbons (Fsp3) is 0.154. The molecule has 94 valence electrons. The van der Waals surface area contributed by atoms with Crippen molar-refractivity contribution in [2.45, 2.75) is 13.8 Å². The Kier molecular flexibility index (Phi) is 3.73. The van der Waals surface area contributed by atoms with Crippen molar-refractivity contribution in [2.75, 3.05) is 11.1 Å². The Morgan fingerprint density at radius 3 is 2.39 bits per heavy atom. The average molecular weight is 325 g/mol. The topological polar surface area (TPSA) is 55.1 Å². The molecule has 0 aliphatic rings. The lowest BCUT2D eigenvalue weighted by Crippen LogP contribution is -2.12. The van der Waals surface area contributed by atoms with Gasteiger partial charge in [-0.2, -0.15) is 0 Å². The van der Waals surface area contributed by atoms with Crippen molar-refractivity contribution < 1.29 is 4.79 Å². The van der Waals surface area contributed by atoms with E-state index in [1.54, 1.807) is 6.07 Å². The average Bonchev–Trinajstić information content (AvgIpc) is 2.70. The van der Waals surface area contributed by atoms with Crippen LogP contribution in [0.25, 0.3) is 0 Å². The van der Waals surface area contributed by atoms with E-state index in [2.05, 4.69) is 21.2 Å². The molecule has 1 amide bonds. The molecule has 0 atom stereocenters. The summed E-state index contributed by atoms with van der Waals surface area (Å²) in [4.78, 5) is 12.7. The highest BCUT2D eigenvalue weighted by Crippen LogP contribution is 2.26. The van der Waals surface area contributed by atoms with Crippen molar-refractivity contribution in [3.63, 3.8) is 0 Å². The third kappa shape index (κ3) is 2.73. The van der Waals surface area contributed by atoms with E-state index in [9.17, 15) is 4.79 Å². The molecule has 3 nitrogen and oxygen atoms in total. The molecule has 0 aliphatic heterocycles. The maximum atomic E-state index is 12.1. The number of hydrogen-bond donors (Lipinski definition) is 2. The van der Waals surface area contributed by atoms with Gasteiger partial charge in [-0.05, 0) is 65.2 Å². The second-order valence-electron chi connectivity index (χ2n) is 4.09. The van der Waals surface area contributed by atoms with Crippen molar-refractivity contribution in [3.05, 3.63) is 44.1 Å². The van der Waals surface area contributed by atoms with Gasteiger partial charge in [0.05, 0.1) is 8.66 Å². The van der Waals surface area contributed by atoms with Crippen molar-refractivity contribution in [1.29, 1.82) is 0 Å². The smallest absolute Gasteiger partial charge is 0.265 e. The van der Waals surface area contributed by atoms with Crippen molar-refractivity contribution in [3.8, 4) is 0 Å². The lowest BCUT2D eigenvalue weighted by molar-refractivity contribution is 0.103. The van der Waals surface area contributed by atoms with Gasteiger partial charge < -0.3 is 11.1 Å². The quantitative estimate of drug-likeness (QED) is 0.821. The van der Waals surface area contributed by atoms with E-state index >= 15 is 0 Å². The van der Waals surface area contributed by atoms with E-state index in [1.165, 1.54) is 11.3 Å². The number of nitrogen functional groups attached to an aromatic ring is 1. The second kappa shape index (κ2) is 5.12. The summed E-state index contributed by atoms with van der Waals surface area (Å²) in [6, 6.07) is 7.37. The first-order chi connectivity index (χ1) is 8.47. The molecule has 5 heteroatoms. The fourth-order valence-corrected chi connectivity index (χ4v) is 3.09. The Labute approximate surface area is 118 Å². The SMILES string of the molecule is Cc1cc(N)cc(C)c1NC(=O)c1ccc(Br)s1. The number of carbonyl (C=O) groups excluding carboxylic acids is 1. The van der Waals surface area contributed by atoms with Crippen LogP contribution in [-0.4, -0.2) is 5.91 Å². The highest BCUT2D eigenvalue weighted by Gasteiger charge is 2.12. The summed E-state index contributed by atoms with van der Waals surface area (Å²) in [6.07, 6.45) is 0. The summed E-state index contributed by atoms with van der Waals surface area (Å²) in [5.74, 6) is -0.0957. The number of anilines is 2. The Hall–Kier alpha value is -1.33. The van der Waals surface area contributed by atoms with Crippen molar-refractivity contribution in [1.82, 2.24) is 0 Å². The first kappa shape index (κ1) is 13.1. The summed E-state index contributed by atoms with van der Waals surface area (Å²) in [5.41, 5.74) is 9.24. The van der Waals surface area contributed by atoms with E-state index in [0.29, 0.717) is 10.6 Å². The van der Waals surface area contributed by atoms with Crippen LogP contribution >= 0.6 is 27.3 Å². The normalized spacial score (nSPS) is 10.4. The maximum absolute atomic E-state index is 12.1. The third-order valence-corrected chi connectivity index (χ3v) is 4.21. The van der Waals surface area contributed by atoms with Gasteiger partial charge in [0.2, 0.25) is 0 Å². The summed E-state index contributed by atoms with van der Waals surface area (Å²) >= 11 is 4.76. The lowest BCUT2D eigenvalue weighted by atomic mass is 10.1. The van der Waals surface area contributed by atoms with Gasteiger partial charge in [0.25, 0.3) is 5.91 Å². The lowest BCUT2D eigenvalue weighted by Gasteiger charge is -2.11. The van der Waals surface area contributed by atoms with Gasteiger partial charge in [0.15, 0.2) is 0 Å². The van der Waals surface area contributed by atoms with Gasteiger partial charge in [0.1, 0.15) is 0 Å². The molecule has 0 unspecified atom stereocenters. The molecular formula is C13H13BrN2OS. The Bertz CT molecular complexity index is 584. The van der Waals surface area contributed by atoms with Gasteiger partial charge in [-0.15, -0.1) is 11.3 Å². The van der Waals surface area contributed by atoms with Crippen LogP contribution in [0.4, 0.5) is 11.4 Å². The van der Waals surface area contributed by atoms with Crippen molar-refractivity contribution in [2.24, 2.45) is 0 Å². The van der Waals surface area contributed by atoms with Gasteiger partial charge >= 0.3 is 0 Å². The van der Waals surface area contributed by atoms with Crippen LogP contribution in [0.2, 0.25) is 0 Å². The minimum Gasteiger partial charge on any atom is -0.399 e. The zero-order valence-corrected chi connectivity index (χ0v) is 12.5. The molecule has 18 heavy (non-hydrogen) atoms. The zero-order valence-electron chi connectivity index (χ0n) is 10.1. The number of rotatable bonds is 2. The monoisotopic (exact) mass is 324 g/mol. The molecule has 0 radical (unpaired) electrons. The second-order valence-corrected chi connectivity index (χ2v) is 6.55. The Balaban J connectivity index is 2.27. The molecule has 1 heterocycles. The molecule has 0 aliphatic carbocycles. The third-order valence-electron chi connectivity index (χ3n) is 2.59. The molecule has 0 bridgehead atoms. The molecule has 0 saturated heterocycles. The Morgan fingerprint density at radius 2 is 1.89 bits per heavy atom. The number of nitrogens with one attached hydrogen (secondary N) is 1. The largest absolute Gasteiger partial charge is 0.399 e. The van der Waals surface area contributed by atoms with E-state index in [4.69, 9.17) is 5.73 Å². The number of benzene rings is 1. The molecule has 2 aromatic rings. The standard InChI is InChI=1S/C13H13BrN2OS/c1-7-5-9(15)6-8(2)12(7)16-13(17)10-3-4-11(14)18-10/h3-6H,15H2,1-2H3,(H,16,17). The first-order valence-corrected chi connectivity index (χ1v) is 7.01. The molecule has 0 fully saturated rings. The minimum atomic E-state index is -0.0957. The molecular weight excluding hydrogens is 312 g/mol. The van der Waals surface area contributed by atoms with Crippen molar-refractivity contribution >= 4 is 44.5 Å². The summed E-state index contributed by atoms with van der Waals surface area (Å²) < 4.78 is 0.943. The molecule has 0 saturated carbocycles. The predicted molar refractivity (Wildman–Crippen MR) is 80.3 cm³/mol. The predicted octanol–water partition coefficient (Wildman–Crippen LogP) is 3.96. The summed E-state index contributed by atoms with van der Waals surface area (Å²) in [6.45, 7) is 3.87. The van der Waals surface area contributed by atoms with E-state index in [1.807, 2.05) is 32.0 Å². The number of amides is 1. The number of nitrogens with two attached hydrogens (primary N) is 1. The first-order valence-electron chi connectivity index (χ1n) is 5.41. The maximum Gasteiger partial charge on any atom is 0.265 e. The van der Waals surface area contributed by atoms with Crippen LogP contribution in [0.3, 0.4) is 0 Å². The van der Waals surface area contributed by atoms with Crippen LogP contribution in [0.5, 0.6) is 0 Å². The van der Waals surface area contributed by atoms with Crippen LogP contribution < -0.4 is 11.1 Å². The highest BCUT2D eigenvalue weighted by atomic mass is 79.9. The van der Waals surface area contributed by atoms with Gasteiger partial charge in [-0.3, -0.25) is 4.79 Å². The van der Waals surface area contributed by atoms with Gasteiger partial charge in [0, 0.05) is 11.4 Å². The van der Waals surface area contributed by atoms with E-state index in [-0.39, 0.29) is 5.91 Å². The summed E-state index contributed by atoms with van der Waals surface area (Å²) in [7, 11) is 0.